The molecule has 4 rings (SSSR count). The third kappa shape index (κ3) is 2.58. The zero-order valence-electron chi connectivity index (χ0n) is 13.5. The maximum atomic E-state index is 11.3. The lowest BCUT2D eigenvalue weighted by Gasteiger charge is -2.25. The number of carbonyl (C=O) groups is 1. The lowest BCUT2D eigenvalue weighted by Crippen LogP contribution is -2.14. The smallest absolute Gasteiger partial charge is 0.335 e. The SMILES string of the molecule is O=C(O)c1ccc2c(c1)nc(-c1ccccc1)n2C1CCCCC1. The van der Waals surface area contributed by atoms with E-state index >= 15 is 0 Å². The summed E-state index contributed by atoms with van der Waals surface area (Å²) in [7, 11) is 0. The van der Waals surface area contributed by atoms with Gasteiger partial charge in [0.1, 0.15) is 5.82 Å². The molecule has 0 bridgehead atoms. The number of imidazole rings is 1. The third-order valence-electron chi connectivity index (χ3n) is 4.91. The number of carboxylic acid groups (broad SMARTS) is 1. The Kier molecular flexibility index (Phi) is 3.81. The summed E-state index contributed by atoms with van der Waals surface area (Å²) < 4.78 is 2.33. The van der Waals surface area contributed by atoms with E-state index in [0.29, 0.717) is 6.04 Å². The normalized spacial score (nSPS) is 15.7. The van der Waals surface area contributed by atoms with E-state index in [4.69, 9.17) is 4.98 Å². The number of carboxylic acids is 1. The average Bonchev–Trinajstić information content (AvgIpc) is 3.01. The van der Waals surface area contributed by atoms with Gasteiger partial charge in [-0.05, 0) is 31.0 Å². The summed E-state index contributed by atoms with van der Waals surface area (Å²) >= 11 is 0. The fraction of sp³-hybridized carbons (Fsp3) is 0.300. The van der Waals surface area contributed by atoms with Crippen LogP contribution in [0.5, 0.6) is 0 Å². The van der Waals surface area contributed by atoms with Gasteiger partial charge in [0.25, 0.3) is 0 Å². The molecule has 2 aromatic carbocycles. The minimum Gasteiger partial charge on any atom is -0.478 e. The summed E-state index contributed by atoms with van der Waals surface area (Å²) in [5.41, 5.74) is 3.16. The first kappa shape index (κ1) is 14.9. The molecule has 1 fully saturated rings. The minimum absolute atomic E-state index is 0.287. The van der Waals surface area contributed by atoms with Crippen LogP contribution in [-0.4, -0.2) is 20.6 Å². The molecule has 1 aliphatic rings. The number of hydrogen-bond donors (Lipinski definition) is 1. The standard InChI is InChI=1S/C20H20N2O2/c23-20(24)15-11-12-18-17(13-15)21-19(14-7-3-1-4-8-14)22(18)16-9-5-2-6-10-16/h1,3-4,7-8,11-13,16H,2,5-6,9-10H2,(H,23,24). The van der Waals surface area contributed by atoms with E-state index in [-0.39, 0.29) is 5.56 Å². The van der Waals surface area contributed by atoms with Crippen molar-refractivity contribution in [3.05, 3.63) is 54.1 Å². The van der Waals surface area contributed by atoms with Crippen molar-refractivity contribution < 1.29 is 9.90 Å². The molecule has 0 spiro atoms. The second kappa shape index (κ2) is 6.11. The molecule has 0 aliphatic heterocycles. The first-order valence-electron chi connectivity index (χ1n) is 8.55. The van der Waals surface area contributed by atoms with Crippen molar-refractivity contribution in [2.24, 2.45) is 0 Å². The van der Waals surface area contributed by atoms with Gasteiger partial charge in [-0.15, -0.1) is 0 Å². The van der Waals surface area contributed by atoms with Crippen LogP contribution in [0.15, 0.2) is 48.5 Å². The molecule has 122 valence electrons. The van der Waals surface area contributed by atoms with Crippen molar-refractivity contribution in [1.82, 2.24) is 9.55 Å². The molecule has 24 heavy (non-hydrogen) atoms. The van der Waals surface area contributed by atoms with Gasteiger partial charge in [0.15, 0.2) is 0 Å². The summed E-state index contributed by atoms with van der Waals surface area (Å²) in [4.78, 5) is 16.1. The molecule has 1 aliphatic carbocycles. The van der Waals surface area contributed by atoms with Crippen LogP contribution in [0.1, 0.15) is 48.5 Å². The van der Waals surface area contributed by atoms with Crippen LogP contribution >= 0.6 is 0 Å². The summed E-state index contributed by atoms with van der Waals surface area (Å²) in [6, 6.07) is 15.9. The Morgan fingerprint density at radius 3 is 2.50 bits per heavy atom. The third-order valence-corrected chi connectivity index (χ3v) is 4.91. The zero-order valence-corrected chi connectivity index (χ0v) is 13.5. The summed E-state index contributed by atoms with van der Waals surface area (Å²) in [6.45, 7) is 0. The molecule has 1 saturated carbocycles. The van der Waals surface area contributed by atoms with Crippen LogP contribution in [0, 0.1) is 0 Å². The van der Waals surface area contributed by atoms with Gasteiger partial charge >= 0.3 is 5.97 Å². The first-order chi connectivity index (χ1) is 11.7. The van der Waals surface area contributed by atoms with Gasteiger partial charge < -0.3 is 9.67 Å². The van der Waals surface area contributed by atoms with Crippen molar-refractivity contribution >= 4 is 17.0 Å². The van der Waals surface area contributed by atoms with Gasteiger partial charge in [0, 0.05) is 11.6 Å². The predicted octanol–water partition coefficient (Wildman–Crippen LogP) is 4.91. The lowest BCUT2D eigenvalue weighted by atomic mass is 9.95. The highest BCUT2D eigenvalue weighted by Gasteiger charge is 2.22. The van der Waals surface area contributed by atoms with Gasteiger partial charge in [0.2, 0.25) is 0 Å². The van der Waals surface area contributed by atoms with Crippen LogP contribution in [-0.2, 0) is 0 Å². The molecule has 1 N–H and O–H groups in total. The second-order valence-electron chi connectivity index (χ2n) is 6.47. The molecule has 4 heteroatoms. The molecule has 4 nitrogen and oxygen atoms in total. The summed E-state index contributed by atoms with van der Waals surface area (Å²) in [5, 5.41) is 9.25. The highest BCUT2D eigenvalue weighted by atomic mass is 16.4. The van der Waals surface area contributed by atoms with Gasteiger partial charge in [-0.3, -0.25) is 0 Å². The van der Waals surface area contributed by atoms with Crippen molar-refractivity contribution in [2.75, 3.05) is 0 Å². The van der Waals surface area contributed by atoms with Crippen molar-refractivity contribution in [1.29, 1.82) is 0 Å². The number of rotatable bonds is 3. The van der Waals surface area contributed by atoms with Gasteiger partial charge in [-0.25, -0.2) is 9.78 Å². The molecule has 3 aromatic rings. The van der Waals surface area contributed by atoms with Crippen molar-refractivity contribution in [3.8, 4) is 11.4 Å². The Bertz CT molecular complexity index is 877. The lowest BCUT2D eigenvalue weighted by molar-refractivity contribution is 0.0697. The Morgan fingerprint density at radius 2 is 1.79 bits per heavy atom. The fourth-order valence-corrected chi connectivity index (χ4v) is 3.73. The number of aromatic nitrogens is 2. The molecule has 0 saturated heterocycles. The highest BCUT2D eigenvalue weighted by molar-refractivity contribution is 5.93. The van der Waals surface area contributed by atoms with Crippen molar-refractivity contribution in [2.45, 2.75) is 38.1 Å². The van der Waals surface area contributed by atoms with Crippen LogP contribution < -0.4 is 0 Å². The van der Waals surface area contributed by atoms with E-state index in [1.807, 2.05) is 24.3 Å². The molecule has 1 aromatic heterocycles. The maximum Gasteiger partial charge on any atom is 0.335 e. The van der Waals surface area contributed by atoms with E-state index in [2.05, 4.69) is 16.7 Å². The molecular weight excluding hydrogens is 300 g/mol. The van der Waals surface area contributed by atoms with Gasteiger partial charge in [0.05, 0.1) is 16.6 Å². The largest absolute Gasteiger partial charge is 0.478 e. The number of benzene rings is 2. The maximum absolute atomic E-state index is 11.3. The predicted molar refractivity (Wildman–Crippen MR) is 94.3 cm³/mol. The van der Waals surface area contributed by atoms with Crippen molar-refractivity contribution in [3.63, 3.8) is 0 Å². The number of hydrogen-bond acceptors (Lipinski definition) is 2. The van der Waals surface area contributed by atoms with Gasteiger partial charge in [-0.1, -0.05) is 49.6 Å². The Morgan fingerprint density at radius 1 is 1.04 bits per heavy atom. The monoisotopic (exact) mass is 320 g/mol. The summed E-state index contributed by atoms with van der Waals surface area (Å²) in [5.74, 6) is 0.0328. The Labute approximate surface area is 140 Å². The highest BCUT2D eigenvalue weighted by Crippen LogP contribution is 2.36. The second-order valence-corrected chi connectivity index (χ2v) is 6.47. The Balaban J connectivity index is 1.93. The molecule has 0 amide bonds. The van der Waals surface area contributed by atoms with E-state index < -0.39 is 5.97 Å². The zero-order chi connectivity index (χ0) is 16.5. The quantitative estimate of drug-likeness (QED) is 0.746. The molecule has 0 unspecified atom stereocenters. The molecule has 0 radical (unpaired) electrons. The number of fused-ring (bicyclic) bond motifs is 1. The van der Waals surface area contributed by atoms with Gasteiger partial charge in [-0.2, -0.15) is 0 Å². The molecular formula is C20H20N2O2. The average molecular weight is 320 g/mol. The van der Waals surface area contributed by atoms with E-state index in [9.17, 15) is 9.90 Å². The van der Waals surface area contributed by atoms with E-state index in [1.54, 1.807) is 12.1 Å². The summed E-state index contributed by atoms with van der Waals surface area (Å²) in [6.07, 6.45) is 6.10. The fourth-order valence-electron chi connectivity index (χ4n) is 3.73. The van der Waals surface area contributed by atoms with Crippen LogP contribution in [0.25, 0.3) is 22.4 Å². The van der Waals surface area contributed by atoms with Crippen LogP contribution in [0.4, 0.5) is 0 Å². The first-order valence-corrected chi connectivity index (χ1v) is 8.55. The number of aromatic carboxylic acids is 1. The molecule has 0 atom stereocenters. The Hall–Kier alpha value is -2.62. The van der Waals surface area contributed by atoms with Crippen LogP contribution in [0.3, 0.4) is 0 Å². The van der Waals surface area contributed by atoms with Crippen LogP contribution in [0.2, 0.25) is 0 Å². The minimum atomic E-state index is -0.912. The van der Waals surface area contributed by atoms with E-state index in [0.717, 1.165) is 35.3 Å². The topological polar surface area (TPSA) is 55.1 Å². The molecule has 1 heterocycles. The van der Waals surface area contributed by atoms with E-state index in [1.165, 1.54) is 19.3 Å². The number of nitrogens with zero attached hydrogens (tertiary/aromatic N) is 2.